The van der Waals surface area contributed by atoms with Crippen molar-refractivity contribution in [3.8, 4) is 5.75 Å². The standard InChI is InChI=1S/C27H32Cl2N2O4/c1-34-20-7-8-21-22(14-20)23-15-26(21)35-9-5-3-2-4-6-27(33)31-24(25(32)16-30-23)12-17-10-18(28)13-19(29)11-17/h3,5,7-8,10-11,13-14,23-26,30,32H,2,4,6,9,12,15-16H2,1H3,(H,31,33)/b5-3+/t23-,24-,25+,26+/m0/s1. The highest BCUT2D eigenvalue weighted by atomic mass is 35.5. The molecule has 2 bridgehead atoms. The van der Waals surface area contributed by atoms with Crippen LogP contribution < -0.4 is 15.4 Å². The summed E-state index contributed by atoms with van der Waals surface area (Å²) in [7, 11) is 1.65. The van der Waals surface area contributed by atoms with E-state index in [4.69, 9.17) is 32.7 Å². The molecule has 8 heteroatoms. The van der Waals surface area contributed by atoms with Gasteiger partial charge in [0.05, 0.1) is 32.0 Å². The predicted molar refractivity (Wildman–Crippen MR) is 138 cm³/mol. The zero-order valence-electron chi connectivity index (χ0n) is 19.8. The molecule has 2 aliphatic rings. The summed E-state index contributed by atoms with van der Waals surface area (Å²) in [5.74, 6) is 0.695. The van der Waals surface area contributed by atoms with E-state index in [2.05, 4.69) is 22.8 Å². The van der Waals surface area contributed by atoms with E-state index in [1.165, 1.54) is 0 Å². The summed E-state index contributed by atoms with van der Waals surface area (Å²) in [6, 6.07) is 10.8. The van der Waals surface area contributed by atoms with Crippen molar-refractivity contribution < 1.29 is 19.4 Å². The molecular weight excluding hydrogens is 487 g/mol. The fraction of sp³-hybridized carbons (Fsp3) is 0.444. The molecule has 0 unspecified atom stereocenters. The molecule has 0 saturated carbocycles. The van der Waals surface area contributed by atoms with E-state index in [1.807, 2.05) is 30.3 Å². The van der Waals surface area contributed by atoms with Crippen molar-refractivity contribution in [2.45, 2.75) is 56.4 Å². The van der Waals surface area contributed by atoms with E-state index in [0.717, 1.165) is 41.7 Å². The van der Waals surface area contributed by atoms with Crippen molar-refractivity contribution in [2.24, 2.45) is 0 Å². The smallest absolute Gasteiger partial charge is 0.220 e. The summed E-state index contributed by atoms with van der Waals surface area (Å²) in [6.07, 6.45) is 6.28. The summed E-state index contributed by atoms with van der Waals surface area (Å²) >= 11 is 12.4. The fourth-order valence-corrected chi connectivity index (χ4v) is 5.35. The first kappa shape index (κ1) is 26.0. The van der Waals surface area contributed by atoms with Crippen LogP contribution in [0.15, 0.2) is 48.6 Å². The van der Waals surface area contributed by atoms with E-state index in [1.54, 1.807) is 13.2 Å². The second-order valence-corrected chi connectivity index (χ2v) is 9.97. The van der Waals surface area contributed by atoms with E-state index in [9.17, 15) is 9.90 Å². The summed E-state index contributed by atoms with van der Waals surface area (Å²) < 4.78 is 11.6. The molecule has 188 valence electrons. The van der Waals surface area contributed by atoms with E-state index in [0.29, 0.717) is 36.0 Å². The number of carbonyl (C=O) groups excluding carboxylic acids is 1. The average Bonchev–Trinajstić information content (AvgIpc) is 3.17. The average molecular weight is 519 g/mol. The van der Waals surface area contributed by atoms with Crippen LogP contribution in [0.5, 0.6) is 5.75 Å². The monoisotopic (exact) mass is 518 g/mol. The first-order valence-electron chi connectivity index (χ1n) is 12.0. The van der Waals surface area contributed by atoms with Crippen molar-refractivity contribution in [1.29, 1.82) is 0 Å². The molecule has 0 aromatic heterocycles. The third-order valence-corrected chi connectivity index (χ3v) is 7.00. The molecule has 3 N–H and O–H groups in total. The van der Waals surface area contributed by atoms with Crippen molar-refractivity contribution in [3.05, 3.63) is 75.3 Å². The van der Waals surface area contributed by atoms with Gasteiger partial charge in [-0.3, -0.25) is 4.79 Å². The minimum atomic E-state index is -0.821. The van der Waals surface area contributed by atoms with Gasteiger partial charge in [0.1, 0.15) is 5.75 Å². The number of methoxy groups -OCH3 is 1. The SMILES string of the molecule is COc1ccc2c(c1)[C@@H]1C[C@H]2OC/C=C/CCCC(=O)N[C@@H](Cc2cc(Cl)cc(Cl)c2)[C@H](O)CN1. The molecular formula is C27H32Cl2N2O4. The number of benzene rings is 2. The highest BCUT2D eigenvalue weighted by Gasteiger charge is 2.33. The van der Waals surface area contributed by atoms with Gasteiger partial charge in [0.15, 0.2) is 0 Å². The van der Waals surface area contributed by atoms with Crippen LogP contribution in [0.25, 0.3) is 0 Å². The quantitative estimate of drug-likeness (QED) is 0.502. The lowest BCUT2D eigenvalue weighted by Gasteiger charge is -2.26. The minimum absolute atomic E-state index is 0.00592. The zero-order chi connectivity index (χ0) is 24.8. The number of halogens is 2. The van der Waals surface area contributed by atoms with E-state index in [-0.39, 0.29) is 18.1 Å². The third-order valence-electron chi connectivity index (χ3n) is 6.56. The Kier molecular flexibility index (Phi) is 9.09. The van der Waals surface area contributed by atoms with Gasteiger partial charge >= 0.3 is 0 Å². The number of nitrogens with one attached hydrogen (secondary N) is 2. The third kappa shape index (κ3) is 6.99. The lowest BCUT2D eigenvalue weighted by molar-refractivity contribution is -0.122. The van der Waals surface area contributed by atoms with Crippen molar-refractivity contribution in [1.82, 2.24) is 10.6 Å². The van der Waals surface area contributed by atoms with Gasteiger partial charge in [-0.05, 0) is 72.7 Å². The topological polar surface area (TPSA) is 79.8 Å². The maximum absolute atomic E-state index is 12.7. The van der Waals surface area contributed by atoms with Gasteiger partial charge in [-0.15, -0.1) is 0 Å². The van der Waals surface area contributed by atoms with Gasteiger partial charge in [-0.1, -0.05) is 41.4 Å². The Hall–Kier alpha value is -2.09. The number of hydrogen-bond donors (Lipinski definition) is 3. The van der Waals surface area contributed by atoms with Crippen molar-refractivity contribution in [3.63, 3.8) is 0 Å². The number of ether oxygens (including phenoxy) is 2. The fourth-order valence-electron chi connectivity index (χ4n) is 4.78. The van der Waals surface area contributed by atoms with Crippen LogP contribution in [0, 0.1) is 0 Å². The Morgan fingerprint density at radius 3 is 2.69 bits per heavy atom. The van der Waals surface area contributed by atoms with Gasteiger partial charge in [-0.25, -0.2) is 0 Å². The van der Waals surface area contributed by atoms with Crippen LogP contribution in [0.4, 0.5) is 0 Å². The van der Waals surface area contributed by atoms with E-state index < -0.39 is 12.1 Å². The molecule has 1 amide bonds. The molecule has 2 aromatic rings. The Balaban J connectivity index is 1.56. The van der Waals surface area contributed by atoms with Crippen LogP contribution in [0.1, 0.15) is 54.5 Å². The minimum Gasteiger partial charge on any atom is -0.497 e. The normalized spacial score (nSPS) is 26.6. The Morgan fingerprint density at radius 2 is 1.91 bits per heavy atom. The number of allylic oxidation sites excluding steroid dienone is 1. The molecule has 2 aromatic carbocycles. The van der Waals surface area contributed by atoms with Gasteiger partial charge < -0.3 is 25.2 Å². The number of aliphatic hydroxyl groups is 1. The number of carbonyl (C=O) groups is 1. The first-order chi connectivity index (χ1) is 16.9. The second kappa shape index (κ2) is 12.2. The van der Waals surface area contributed by atoms with Gasteiger partial charge in [-0.2, -0.15) is 0 Å². The van der Waals surface area contributed by atoms with Crippen LogP contribution in [0.2, 0.25) is 10.0 Å². The summed E-state index contributed by atoms with van der Waals surface area (Å²) in [5.41, 5.74) is 3.10. The number of hydrogen-bond acceptors (Lipinski definition) is 5. The summed E-state index contributed by atoms with van der Waals surface area (Å²) in [4.78, 5) is 12.7. The van der Waals surface area contributed by atoms with Crippen LogP contribution in [0.3, 0.4) is 0 Å². The molecule has 35 heavy (non-hydrogen) atoms. The molecule has 1 aliphatic heterocycles. The van der Waals surface area contributed by atoms with Crippen LogP contribution in [-0.4, -0.2) is 43.4 Å². The van der Waals surface area contributed by atoms with Crippen LogP contribution in [-0.2, 0) is 16.0 Å². The lowest BCUT2D eigenvalue weighted by Crippen LogP contribution is -2.49. The van der Waals surface area contributed by atoms with Gasteiger partial charge in [0.25, 0.3) is 0 Å². The molecule has 4 atom stereocenters. The number of rotatable bonds is 3. The van der Waals surface area contributed by atoms with Gasteiger partial charge in [0, 0.05) is 29.1 Å². The van der Waals surface area contributed by atoms with E-state index >= 15 is 0 Å². The first-order valence-corrected chi connectivity index (χ1v) is 12.8. The molecule has 0 fully saturated rings. The highest BCUT2D eigenvalue weighted by Crippen LogP contribution is 2.42. The summed E-state index contributed by atoms with van der Waals surface area (Å²) in [6.45, 7) is 0.815. The largest absolute Gasteiger partial charge is 0.497 e. The number of amides is 1. The zero-order valence-corrected chi connectivity index (χ0v) is 21.3. The summed E-state index contributed by atoms with van der Waals surface area (Å²) in [5, 5.41) is 18.7. The number of aliphatic hydroxyl groups excluding tert-OH is 1. The second-order valence-electron chi connectivity index (χ2n) is 9.10. The molecule has 6 nitrogen and oxygen atoms in total. The maximum atomic E-state index is 12.7. The van der Waals surface area contributed by atoms with Crippen LogP contribution >= 0.6 is 23.2 Å². The Bertz CT molecular complexity index is 1040. The predicted octanol–water partition coefficient (Wildman–Crippen LogP) is 4.92. The number of β-amino-alcohol motifs (C(OH)–C–C–N with tert-alkyl or cyclic N) is 1. The molecule has 1 heterocycles. The maximum Gasteiger partial charge on any atom is 0.220 e. The highest BCUT2D eigenvalue weighted by molar-refractivity contribution is 6.34. The molecule has 0 spiro atoms. The molecule has 1 aliphatic carbocycles. The van der Waals surface area contributed by atoms with Gasteiger partial charge in [0.2, 0.25) is 5.91 Å². The Morgan fingerprint density at radius 1 is 1.11 bits per heavy atom. The Labute approximate surface area is 216 Å². The number of fused-ring (bicyclic) bond motifs is 5. The molecule has 0 saturated heterocycles. The lowest BCUT2D eigenvalue weighted by atomic mass is 10.00. The van der Waals surface area contributed by atoms with Crippen molar-refractivity contribution in [2.75, 3.05) is 20.3 Å². The molecule has 4 rings (SSSR count). The van der Waals surface area contributed by atoms with Crippen molar-refractivity contribution >= 4 is 29.1 Å². The molecule has 0 radical (unpaired) electrons.